The Balaban J connectivity index is 2.70. The van der Waals surface area contributed by atoms with Crippen LogP contribution in [-0.2, 0) is 5.11 Å². The molecule has 1 rings (SSSR count). The summed E-state index contributed by atoms with van der Waals surface area (Å²) in [5.41, 5.74) is 0. The highest BCUT2D eigenvalue weighted by atomic mass is 19.3. The molecule has 0 saturated heterocycles. The molecule has 1 aliphatic rings. The van der Waals surface area contributed by atoms with Crippen molar-refractivity contribution < 1.29 is 18.3 Å². The fourth-order valence-corrected chi connectivity index (χ4v) is 1.07. The summed E-state index contributed by atoms with van der Waals surface area (Å²) >= 11 is 0. The molecule has 10 heavy (non-hydrogen) atoms. The maximum Gasteiger partial charge on any atom is 0.308 e. The van der Waals surface area contributed by atoms with Crippen LogP contribution in [0.2, 0.25) is 0 Å². The van der Waals surface area contributed by atoms with Crippen molar-refractivity contribution in [3.63, 3.8) is 0 Å². The van der Waals surface area contributed by atoms with E-state index in [0.717, 1.165) is 0 Å². The van der Waals surface area contributed by atoms with Crippen molar-refractivity contribution >= 4 is 0 Å². The first kappa shape index (κ1) is 7.85. The van der Waals surface area contributed by atoms with Crippen LogP contribution in [0.1, 0.15) is 25.7 Å². The van der Waals surface area contributed by atoms with Gasteiger partial charge in [0.15, 0.2) is 0 Å². The predicted molar refractivity (Wildman–Crippen MR) is 27.9 cm³/mol. The van der Waals surface area contributed by atoms with Gasteiger partial charge in [0.2, 0.25) is 0 Å². The van der Waals surface area contributed by atoms with Gasteiger partial charge in [-0.1, -0.05) is 0 Å². The number of halogens is 3. The second kappa shape index (κ2) is 2.12. The summed E-state index contributed by atoms with van der Waals surface area (Å²) in [4.78, 5) is 0. The first-order valence-electron chi connectivity index (χ1n) is 3.23. The van der Waals surface area contributed by atoms with Crippen LogP contribution in [0.25, 0.3) is 0 Å². The molecule has 0 aromatic heterocycles. The first-order chi connectivity index (χ1) is 4.46. The Hall–Kier alpha value is -0.250. The van der Waals surface area contributed by atoms with Crippen molar-refractivity contribution in [1.29, 1.82) is 0 Å². The van der Waals surface area contributed by atoms with E-state index >= 15 is 0 Å². The van der Waals surface area contributed by atoms with Gasteiger partial charge in [-0.2, -0.15) is 5.11 Å². The zero-order valence-corrected chi connectivity index (χ0v) is 5.37. The maximum atomic E-state index is 12.3. The lowest BCUT2D eigenvalue weighted by Crippen LogP contribution is -2.45. The van der Waals surface area contributed by atoms with E-state index in [9.17, 15) is 18.3 Å². The third-order valence-corrected chi connectivity index (χ3v) is 1.79. The molecule has 0 heterocycles. The van der Waals surface area contributed by atoms with E-state index in [2.05, 4.69) is 0 Å². The van der Waals surface area contributed by atoms with Crippen LogP contribution >= 0.6 is 0 Å². The third kappa shape index (κ3) is 1.12. The quantitative estimate of drug-likeness (QED) is 0.508. The molecule has 0 N–H and O–H groups in total. The molecule has 1 saturated carbocycles. The van der Waals surface area contributed by atoms with Crippen molar-refractivity contribution in [3.05, 3.63) is 0 Å². The van der Waals surface area contributed by atoms with Gasteiger partial charge in [-0.15, -0.1) is 0 Å². The van der Waals surface area contributed by atoms with E-state index in [1.165, 1.54) is 0 Å². The molecule has 1 fully saturated rings. The van der Waals surface area contributed by atoms with Crippen LogP contribution in [-0.4, -0.2) is 11.8 Å². The van der Waals surface area contributed by atoms with Gasteiger partial charge in [-0.05, 0) is 12.8 Å². The van der Waals surface area contributed by atoms with Crippen LogP contribution in [0.5, 0.6) is 0 Å². The largest absolute Gasteiger partial charge is 0.308 e. The molecule has 59 valence electrons. The topological polar surface area (TPSA) is 19.9 Å². The zero-order valence-electron chi connectivity index (χ0n) is 5.37. The predicted octanol–water partition coefficient (Wildman–Crippen LogP) is 2.29. The Kier molecular flexibility index (Phi) is 1.66. The Morgan fingerprint density at radius 3 is 1.80 bits per heavy atom. The second-order valence-electron chi connectivity index (χ2n) is 2.64. The standard InChI is InChI=1S/C6H8F3O/c7-5(8)3-1-2-4-6(5,9)10/h1-4H2. The summed E-state index contributed by atoms with van der Waals surface area (Å²) in [7, 11) is 0. The van der Waals surface area contributed by atoms with Crippen LogP contribution < -0.4 is 0 Å². The van der Waals surface area contributed by atoms with E-state index in [1.54, 1.807) is 0 Å². The number of hydrogen-bond donors (Lipinski definition) is 0. The van der Waals surface area contributed by atoms with E-state index in [0.29, 0.717) is 0 Å². The zero-order chi connectivity index (χ0) is 7.83. The minimum Gasteiger partial charge on any atom is -0.202 e. The number of alkyl halides is 3. The van der Waals surface area contributed by atoms with Gasteiger partial charge in [0, 0.05) is 12.8 Å². The van der Waals surface area contributed by atoms with E-state index in [1.807, 2.05) is 0 Å². The lowest BCUT2D eigenvalue weighted by atomic mass is 9.92. The van der Waals surface area contributed by atoms with Crippen LogP contribution in [0.3, 0.4) is 0 Å². The maximum absolute atomic E-state index is 12.3. The monoisotopic (exact) mass is 153 g/mol. The summed E-state index contributed by atoms with van der Waals surface area (Å²) < 4.78 is 36.9. The molecular weight excluding hydrogens is 145 g/mol. The second-order valence-corrected chi connectivity index (χ2v) is 2.64. The highest BCUT2D eigenvalue weighted by Crippen LogP contribution is 2.42. The summed E-state index contributed by atoms with van der Waals surface area (Å²) in [6, 6.07) is 0. The number of rotatable bonds is 0. The van der Waals surface area contributed by atoms with E-state index in [4.69, 9.17) is 0 Å². The molecule has 0 bridgehead atoms. The van der Waals surface area contributed by atoms with Crippen molar-refractivity contribution in [1.82, 2.24) is 0 Å². The van der Waals surface area contributed by atoms with Crippen molar-refractivity contribution in [2.75, 3.05) is 0 Å². The lowest BCUT2D eigenvalue weighted by molar-refractivity contribution is -0.298. The Morgan fingerprint density at radius 1 is 1.00 bits per heavy atom. The summed E-state index contributed by atoms with van der Waals surface area (Å²) in [6.07, 6.45) is -0.635. The molecule has 0 spiro atoms. The molecule has 0 amide bonds. The van der Waals surface area contributed by atoms with Gasteiger partial charge >= 0.3 is 11.8 Å². The molecule has 1 aliphatic carbocycles. The molecular formula is C6H8F3O. The summed E-state index contributed by atoms with van der Waals surface area (Å²) in [5, 5.41) is 10.4. The molecule has 1 atom stereocenters. The smallest absolute Gasteiger partial charge is 0.202 e. The van der Waals surface area contributed by atoms with Gasteiger partial charge < -0.3 is 0 Å². The minimum atomic E-state index is -3.65. The number of hydrogen-bond acceptors (Lipinski definition) is 0. The van der Waals surface area contributed by atoms with Crippen molar-refractivity contribution in [2.24, 2.45) is 0 Å². The van der Waals surface area contributed by atoms with Crippen molar-refractivity contribution in [3.8, 4) is 0 Å². The minimum absolute atomic E-state index is 0.251. The Morgan fingerprint density at radius 2 is 1.50 bits per heavy atom. The average molecular weight is 153 g/mol. The molecule has 0 aliphatic heterocycles. The van der Waals surface area contributed by atoms with Gasteiger partial charge in [0.05, 0.1) is 0 Å². The van der Waals surface area contributed by atoms with E-state index < -0.39 is 24.6 Å². The summed E-state index contributed by atoms with van der Waals surface area (Å²) in [6.45, 7) is 0. The Bertz CT molecular complexity index is 117. The molecule has 4 heteroatoms. The fraction of sp³-hybridized carbons (Fsp3) is 1.00. The Labute approximate surface area is 56.8 Å². The molecule has 0 aromatic rings. The molecule has 1 nitrogen and oxygen atoms in total. The van der Waals surface area contributed by atoms with Crippen molar-refractivity contribution in [2.45, 2.75) is 37.5 Å². The highest BCUT2D eigenvalue weighted by molar-refractivity contribution is 4.87. The SMILES string of the molecule is [O]C1(F)CCCCC1(F)F. The fourth-order valence-electron chi connectivity index (χ4n) is 1.07. The van der Waals surface area contributed by atoms with Gasteiger partial charge in [-0.3, -0.25) is 0 Å². The van der Waals surface area contributed by atoms with Gasteiger partial charge in [-0.25, -0.2) is 13.2 Å². The summed E-state index contributed by atoms with van der Waals surface area (Å²) in [5.74, 6) is -7.16. The van der Waals surface area contributed by atoms with Gasteiger partial charge in [0.25, 0.3) is 0 Å². The van der Waals surface area contributed by atoms with Crippen LogP contribution in [0.15, 0.2) is 0 Å². The molecule has 0 aromatic carbocycles. The van der Waals surface area contributed by atoms with E-state index in [-0.39, 0.29) is 12.8 Å². The van der Waals surface area contributed by atoms with Crippen LogP contribution in [0.4, 0.5) is 13.2 Å². The molecule has 1 unspecified atom stereocenters. The molecule has 1 radical (unpaired) electrons. The van der Waals surface area contributed by atoms with Crippen LogP contribution in [0, 0.1) is 0 Å². The lowest BCUT2D eigenvalue weighted by Gasteiger charge is -2.30. The van der Waals surface area contributed by atoms with Gasteiger partial charge in [0.1, 0.15) is 0 Å². The third-order valence-electron chi connectivity index (χ3n) is 1.79. The first-order valence-corrected chi connectivity index (χ1v) is 3.23. The normalized spacial score (nSPS) is 39.6. The highest BCUT2D eigenvalue weighted by Gasteiger charge is 2.56. The average Bonchev–Trinajstić information content (AvgIpc) is 1.77.